The van der Waals surface area contributed by atoms with Gasteiger partial charge in [0.1, 0.15) is 19.9 Å². The van der Waals surface area contributed by atoms with Gasteiger partial charge in [0.25, 0.3) is 10.0 Å². The number of carboxylic acid groups (broad SMARTS) is 1. The van der Waals surface area contributed by atoms with Crippen molar-refractivity contribution in [2.45, 2.75) is 11.1 Å². The Hall–Kier alpha value is -2.82. The SMILES string of the molecule is CCOc1ccc(-c2cc(S(=O)(=O)Nc3ccc(C(=O)O)c(O)c3)sc2Cl)cn1. The Morgan fingerprint density at radius 3 is 2.62 bits per heavy atom. The second kappa shape index (κ2) is 8.27. The summed E-state index contributed by atoms with van der Waals surface area (Å²) in [6.07, 6.45) is 1.53. The van der Waals surface area contributed by atoms with E-state index in [0.29, 0.717) is 23.6 Å². The molecule has 0 aliphatic rings. The predicted octanol–water partition coefficient (Wildman–Crippen LogP) is 4.07. The van der Waals surface area contributed by atoms with Gasteiger partial charge in [-0.05, 0) is 31.2 Å². The second-order valence-electron chi connectivity index (χ2n) is 5.71. The van der Waals surface area contributed by atoms with E-state index < -0.39 is 21.7 Å². The van der Waals surface area contributed by atoms with Crippen molar-refractivity contribution in [3.8, 4) is 22.8 Å². The van der Waals surface area contributed by atoms with Crippen molar-refractivity contribution in [3.05, 3.63) is 52.5 Å². The van der Waals surface area contributed by atoms with Crippen LogP contribution in [0.4, 0.5) is 5.69 Å². The van der Waals surface area contributed by atoms with E-state index in [0.717, 1.165) is 23.5 Å². The molecule has 3 rings (SSSR count). The largest absolute Gasteiger partial charge is 0.507 e. The summed E-state index contributed by atoms with van der Waals surface area (Å²) in [4.78, 5) is 15.1. The summed E-state index contributed by atoms with van der Waals surface area (Å²) >= 11 is 7.09. The first-order valence-corrected chi connectivity index (χ1v) is 10.9. The molecule has 3 aromatic rings. The highest BCUT2D eigenvalue weighted by Gasteiger charge is 2.22. The van der Waals surface area contributed by atoms with Gasteiger partial charge in [-0.1, -0.05) is 11.6 Å². The molecule has 0 saturated carbocycles. The molecule has 3 N–H and O–H groups in total. The van der Waals surface area contributed by atoms with Gasteiger partial charge in [-0.3, -0.25) is 4.72 Å². The van der Waals surface area contributed by atoms with Gasteiger partial charge in [0.2, 0.25) is 5.88 Å². The molecule has 29 heavy (non-hydrogen) atoms. The van der Waals surface area contributed by atoms with Gasteiger partial charge in [0.05, 0.1) is 12.3 Å². The molecule has 152 valence electrons. The molecule has 2 heterocycles. The van der Waals surface area contributed by atoms with Crippen molar-refractivity contribution < 1.29 is 28.2 Å². The number of hydrogen-bond acceptors (Lipinski definition) is 7. The number of carboxylic acids is 1. The van der Waals surface area contributed by atoms with Gasteiger partial charge in [-0.2, -0.15) is 0 Å². The van der Waals surface area contributed by atoms with Crippen molar-refractivity contribution in [1.29, 1.82) is 0 Å². The summed E-state index contributed by atoms with van der Waals surface area (Å²) in [6.45, 7) is 2.31. The third kappa shape index (κ3) is 4.61. The highest BCUT2D eigenvalue weighted by atomic mass is 35.5. The van der Waals surface area contributed by atoms with Crippen LogP contribution in [0.3, 0.4) is 0 Å². The van der Waals surface area contributed by atoms with Crippen molar-refractivity contribution >= 4 is 44.6 Å². The molecule has 0 fully saturated rings. The summed E-state index contributed by atoms with van der Waals surface area (Å²) in [5, 5.41) is 18.7. The smallest absolute Gasteiger partial charge is 0.339 e. The van der Waals surface area contributed by atoms with E-state index >= 15 is 0 Å². The highest BCUT2D eigenvalue weighted by molar-refractivity contribution is 7.94. The van der Waals surface area contributed by atoms with Gasteiger partial charge < -0.3 is 14.9 Å². The molecule has 0 spiro atoms. The molecule has 0 aliphatic heterocycles. The maximum atomic E-state index is 12.7. The van der Waals surface area contributed by atoms with Crippen LogP contribution in [0.15, 0.2) is 46.8 Å². The Morgan fingerprint density at radius 1 is 1.28 bits per heavy atom. The summed E-state index contributed by atoms with van der Waals surface area (Å²) in [5.74, 6) is -1.43. The lowest BCUT2D eigenvalue weighted by atomic mass is 10.1. The Kier molecular flexibility index (Phi) is 5.96. The lowest BCUT2D eigenvalue weighted by Gasteiger charge is -2.07. The maximum Gasteiger partial charge on any atom is 0.339 e. The van der Waals surface area contributed by atoms with E-state index in [-0.39, 0.29) is 19.8 Å². The normalized spacial score (nSPS) is 11.2. The molecule has 11 heteroatoms. The van der Waals surface area contributed by atoms with Gasteiger partial charge in [0, 0.05) is 29.5 Å². The first-order valence-electron chi connectivity index (χ1n) is 8.19. The predicted molar refractivity (Wildman–Crippen MR) is 110 cm³/mol. The minimum Gasteiger partial charge on any atom is -0.507 e. The Morgan fingerprint density at radius 2 is 2.03 bits per heavy atom. The molecule has 0 aliphatic carbocycles. The van der Waals surface area contributed by atoms with Gasteiger partial charge in [0.15, 0.2) is 0 Å². The van der Waals surface area contributed by atoms with Crippen LogP contribution >= 0.6 is 22.9 Å². The van der Waals surface area contributed by atoms with Gasteiger partial charge >= 0.3 is 5.97 Å². The van der Waals surface area contributed by atoms with Crippen LogP contribution in [0.1, 0.15) is 17.3 Å². The van der Waals surface area contributed by atoms with Crippen molar-refractivity contribution in [2.24, 2.45) is 0 Å². The number of thiophene rings is 1. The van der Waals surface area contributed by atoms with Crippen molar-refractivity contribution in [2.75, 3.05) is 11.3 Å². The zero-order chi connectivity index (χ0) is 21.2. The fourth-order valence-electron chi connectivity index (χ4n) is 2.43. The number of carbonyl (C=O) groups is 1. The van der Waals surface area contributed by atoms with E-state index in [9.17, 15) is 18.3 Å². The third-order valence-electron chi connectivity index (χ3n) is 3.75. The number of nitrogens with zero attached hydrogens (tertiary/aromatic N) is 1. The first-order chi connectivity index (χ1) is 13.7. The van der Waals surface area contributed by atoms with Crippen LogP contribution in [0.2, 0.25) is 4.34 Å². The quantitative estimate of drug-likeness (QED) is 0.491. The number of halogens is 1. The molecular formula is C18H15ClN2O6S2. The lowest BCUT2D eigenvalue weighted by molar-refractivity contribution is 0.0693. The molecule has 0 amide bonds. The molecular weight excluding hydrogens is 440 g/mol. The number of hydrogen-bond donors (Lipinski definition) is 3. The van der Waals surface area contributed by atoms with Crippen LogP contribution < -0.4 is 9.46 Å². The van der Waals surface area contributed by atoms with Crippen molar-refractivity contribution in [1.82, 2.24) is 4.98 Å². The highest BCUT2D eigenvalue weighted by Crippen LogP contribution is 2.38. The number of rotatable bonds is 7. The summed E-state index contributed by atoms with van der Waals surface area (Å²) in [5.41, 5.74) is 0.801. The number of pyridine rings is 1. The van der Waals surface area contributed by atoms with E-state index in [1.54, 1.807) is 12.1 Å². The van der Waals surface area contributed by atoms with E-state index in [4.69, 9.17) is 21.4 Å². The van der Waals surface area contributed by atoms with E-state index in [1.165, 1.54) is 18.3 Å². The minimum atomic E-state index is -4.01. The standard InChI is InChI=1S/C18H15ClN2O6S2/c1-2-27-15-6-3-10(9-20-15)13-8-16(28-17(13)19)29(25,26)21-11-4-5-12(18(23)24)14(22)7-11/h3-9,21-22H,2H2,1H3,(H,23,24). The fourth-order valence-corrected chi connectivity index (χ4v) is 5.25. The lowest BCUT2D eigenvalue weighted by Crippen LogP contribution is -2.11. The van der Waals surface area contributed by atoms with Crippen LogP contribution in [-0.2, 0) is 10.0 Å². The first kappa shape index (κ1) is 20.9. The minimum absolute atomic E-state index is 0.0151. The van der Waals surface area contributed by atoms with E-state index in [2.05, 4.69) is 9.71 Å². The molecule has 0 unspecified atom stereocenters. The maximum absolute atomic E-state index is 12.7. The Bertz CT molecular complexity index is 1160. The van der Waals surface area contributed by atoms with E-state index in [1.807, 2.05) is 6.92 Å². The Balaban J connectivity index is 1.87. The number of aromatic carboxylic acids is 1. The molecule has 1 aromatic carbocycles. The zero-order valence-electron chi connectivity index (χ0n) is 14.9. The van der Waals surface area contributed by atoms with Gasteiger partial charge in [-0.25, -0.2) is 18.2 Å². The summed E-state index contributed by atoms with van der Waals surface area (Å²) in [6, 6.07) is 8.16. The zero-order valence-corrected chi connectivity index (χ0v) is 17.3. The molecule has 2 aromatic heterocycles. The third-order valence-corrected chi connectivity index (χ3v) is 6.96. The van der Waals surface area contributed by atoms with Crippen LogP contribution in [0.25, 0.3) is 11.1 Å². The van der Waals surface area contributed by atoms with Crippen molar-refractivity contribution in [3.63, 3.8) is 0 Å². The number of anilines is 1. The number of aromatic nitrogens is 1. The number of aromatic hydroxyl groups is 1. The average molecular weight is 455 g/mol. The molecule has 0 atom stereocenters. The Labute approximate surface area is 175 Å². The number of sulfonamides is 1. The van der Waals surface area contributed by atoms with Crippen LogP contribution in [-0.4, -0.2) is 36.2 Å². The number of nitrogens with one attached hydrogen (secondary N) is 1. The monoisotopic (exact) mass is 454 g/mol. The summed E-state index contributed by atoms with van der Waals surface area (Å²) < 4.78 is 33.1. The van der Waals surface area contributed by atoms with Crippen LogP contribution in [0, 0.1) is 0 Å². The topological polar surface area (TPSA) is 126 Å². The average Bonchev–Trinajstić information content (AvgIpc) is 3.05. The fraction of sp³-hybridized carbons (Fsp3) is 0.111. The second-order valence-corrected chi connectivity index (χ2v) is 9.28. The number of phenols is 1. The molecule has 0 saturated heterocycles. The molecule has 8 nitrogen and oxygen atoms in total. The number of ether oxygens (including phenoxy) is 1. The molecule has 0 radical (unpaired) electrons. The van der Waals surface area contributed by atoms with Gasteiger partial charge in [-0.15, -0.1) is 11.3 Å². The number of benzene rings is 1. The van der Waals surface area contributed by atoms with Crippen LogP contribution in [0.5, 0.6) is 11.6 Å². The molecule has 0 bridgehead atoms. The summed E-state index contributed by atoms with van der Waals surface area (Å²) in [7, 11) is -4.01.